The second-order valence-corrected chi connectivity index (χ2v) is 9.15. The fraction of sp³-hybridized carbons (Fsp3) is 0.381. The number of ether oxygens (including phenoxy) is 1. The smallest absolute Gasteiger partial charge is 0.275 e. The number of aryl methyl sites for hydroxylation is 1. The fourth-order valence-corrected chi connectivity index (χ4v) is 4.85. The van der Waals surface area contributed by atoms with Crippen molar-refractivity contribution < 1.29 is 22.8 Å². The van der Waals surface area contributed by atoms with Gasteiger partial charge in [0.25, 0.3) is 5.91 Å². The van der Waals surface area contributed by atoms with Crippen LogP contribution in [0.2, 0.25) is 0 Å². The maximum Gasteiger partial charge on any atom is 0.275 e. The average Bonchev–Trinajstić information content (AvgIpc) is 2.73. The van der Waals surface area contributed by atoms with E-state index in [4.69, 9.17) is 4.74 Å². The van der Waals surface area contributed by atoms with E-state index >= 15 is 0 Å². The molecule has 1 amide bonds. The summed E-state index contributed by atoms with van der Waals surface area (Å²) in [6, 6.07) is 14.4. The lowest BCUT2D eigenvalue weighted by Gasteiger charge is -2.31. The van der Waals surface area contributed by atoms with Gasteiger partial charge in [0.1, 0.15) is 5.75 Å². The highest BCUT2D eigenvalue weighted by molar-refractivity contribution is 7.89. The molecule has 0 saturated carbocycles. The van der Waals surface area contributed by atoms with Gasteiger partial charge in [-0.05, 0) is 42.3 Å². The van der Waals surface area contributed by atoms with Crippen molar-refractivity contribution in [3.8, 4) is 5.75 Å². The summed E-state index contributed by atoms with van der Waals surface area (Å²) in [6.07, 6.45) is 0. The van der Waals surface area contributed by atoms with Gasteiger partial charge in [0.05, 0.1) is 38.2 Å². The summed E-state index contributed by atoms with van der Waals surface area (Å²) >= 11 is 0. The number of hydrogen-bond acceptors (Lipinski definition) is 4. The highest BCUT2D eigenvalue weighted by Crippen LogP contribution is 2.19. The topological polar surface area (TPSA) is 80.2 Å². The van der Waals surface area contributed by atoms with Crippen LogP contribution in [0, 0.1) is 6.92 Å². The Hall–Kier alpha value is -2.42. The molecule has 8 heteroatoms. The molecule has 1 heterocycles. The van der Waals surface area contributed by atoms with Crippen molar-refractivity contribution in [3.63, 3.8) is 0 Å². The van der Waals surface area contributed by atoms with Crippen LogP contribution in [0.25, 0.3) is 0 Å². The first kappa shape index (κ1) is 21.3. The van der Waals surface area contributed by atoms with Crippen molar-refractivity contribution in [1.29, 1.82) is 0 Å². The van der Waals surface area contributed by atoms with E-state index in [1.807, 2.05) is 31.2 Å². The Labute approximate surface area is 172 Å². The van der Waals surface area contributed by atoms with E-state index in [2.05, 4.69) is 5.32 Å². The molecule has 1 saturated heterocycles. The lowest BCUT2D eigenvalue weighted by atomic mass is 10.1. The number of amides is 1. The Kier molecular flexibility index (Phi) is 6.89. The van der Waals surface area contributed by atoms with Gasteiger partial charge in [-0.3, -0.25) is 4.79 Å². The second-order valence-electron chi connectivity index (χ2n) is 7.21. The summed E-state index contributed by atoms with van der Waals surface area (Å²) in [5.41, 5.74) is 2.25. The van der Waals surface area contributed by atoms with E-state index in [9.17, 15) is 13.2 Å². The molecule has 156 valence electrons. The number of rotatable bonds is 7. The van der Waals surface area contributed by atoms with Crippen molar-refractivity contribution in [2.75, 3.05) is 39.8 Å². The van der Waals surface area contributed by atoms with Crippen LogP contribution in [-0.2, 0) is 21.4 Å². The lowest BCUT2D eigenvalue weighted by Crippen LogP contribution is -3.15. The van der Waals surface area contributed by atoms with Crippen LogP contribution in [0.5, 0.6) is 5.75 Å². The number of hydrogen-bond donors (Lipinski definition) is 2. The molecule has 0 bridgehead atoms. The zero-order valence-electron chi connectivity index (χ0n) is 16.8. The number of methoxy groups -OCH3 is 1. The lowest BCUT2D eigenvalue weighted by molar-refractivity contribution is -0.895. The first-order chi connectivity index (χ1) is 13.9. The average molecular weight is 419 g/mol. The molecule has 0 aromatic heterocycles. The summed E-state index contributed by atoms with van der Waals surface area (Å²) in [5, 5.41) is 2.96. The van der Waals surface area contributed by atoms with Gasteiger partial charge in [0.15, 0.2) is 6.54 Å². The minimum absolute atomic E-state index is 0.0188. The monoisotopic (exact) mass is 418 g/mol. The Morgan fingerprint density at radius 2 is 1.76 bits per heavy atom. The van der Waals surface area contributed by atoms with Gasteiger partial charge in [-0.15, -0.1) is 0 Å². The number of quaternary nitrogens is 1. The second kappa shape index (κ2) is 9.39. The number of carbonyl (C=O) groups excluding carboxylic acids is 1. The van der Waals surface area contributed by atoms with Crippen molar-refractivity contribution in [2.24, 2.45) is 0 Å². The van der Waals surface area contributed by atoms with Gasteiger partial charge in [0.2, 0.25) is 10.0 Å². The molecule has 0 atom stereocenters. The summed E-state index contributed by atoms with van der Waals surface area (Å²) < 4.78 is 32.2. The maximum atomic E-state index is 12.8. The number of sulfonamides is 1. The fourth-order valence-electron chi connectivity index (χ4n) is 3.41. The van der Waals surface area contributed by atoms with Gasteiger partial charge in [-0.2, -0.15) is 4.31 Å². The van der Waals surface area contributed by atoms with Gasteiger partial charge >= 0.3 is 0 Å². The third-order valence-electron chi connectivity index (χ3n) is 5.27. The first-order valence-corrected chi connectivity index (χ1v) is 11.1. The van der Waals surface area contributed by atoms with Crippen molar-refractivity contribution in [1.82, 2.24) is 9.62 Å². The molecule has 0 unspecified atom stereocenters. The minimum atomic E-state index is -3.53. The van der Waals surface area contributed by atoms with Crippen LogP contribution >= 0.6 is 0 Å². The Balaban J connectivity index is 1.49. The van der Waals surface area contributed by atoms with Gasteiger partial charge < -0.3 is 15.0 Å². The van der Waals surface area contributed by atoms with E-state index in [0.717, 1.165) is 16.0 Å². The first-order valence-electron chi connectivity index (χ1n) is 9.69. The molecule has 0 radical (unpaired) electrons. The van der Waals surface area contributed by atoms with Crippen LogP contribution in [0.1, 0.15) is 11.1 Å². The van der Waals surface area contributed by atoms with Crippen LogP contribution < -0.4 is 15.0 Å². The largest absolute Gasteiger partial charge is 0.497 e. The van der Waals surface area contributed by atoms with Gasteiger partial charge in [-0.1, -0.05) is 24.3 Å². The highest BCUT2D eigenvalue weighted by atomic mass is 32.2. The Morgan fingerprint density at radius 1 is 1.10 bits per heavy atom. The number of carbonyl (C=O) groups is 1. The highest BCUT2D eigenvalue weighted by Gasteiger charge is 2.31. The third kappa shape index (κ3) is 5.35. The van der Waals surface area contributed by atoms with Crippen LogP contribution in [0.3, 0.4) is 0 Å². The Bertz CT molecular complexity index is 937. The third-order valence-corrected chi connectivity index (χ3v) is 7.19. The van der Waals surface area contributed by atoms with Crippen LogP contribution in [0.4, 0.5) is 0 Å². The van der Waals surface area contributed by atoms with Crippen molar-refractivity contribution in [2.45, 2.75) is 18.4 Å². The molecule has 29 heavy (non-hydrogen) atoms. The number of benzene rings is 2. The molecule has 2 aromatic rings. The van der Waals surface area contributed by atoms with E-state index in [-0.39, 0.29) is 10.8 Å². The quantitative estimate of drug-likeness (QED) is 0.674. The van der Waals surface area contributed by atoms with E-state index in [1.54, 1.807) is 31.4 Å². The Morgan fingerprint density at radius 3 is 2.38 bits per heavy atom. The van der Waals surface area contributed by atoms with Gasteiger partial charge in [-0.25, -0.2) is 8.42 Å². The molecule has 0 spiro atoms. The van der Waals surface area contributed by atoms with Crippen molar-refractivity contribution in [3.05, 3.63) is 59.7 Å². The zero-order valence-corrected chi connectivity index (χ0v) is 17.7. The standard InChI is InChI=1S/C21H27N3O4S/c1-17-5-3-4-6-18(17)15-22-21(25)16-23-11-13-24(14-12-23)29(26,27)20-9-7-19(28-2)8-10-20/h3-10H,11-16H2,1-2H3,(H,22,25)/p+1. The number of nitrogens with one attached hydrogen (secondary N) is 2. The van der Waals surface area contributed by atoms with E-state index in [0.29, 0.717) is 45.0 Å². The van der Waals surface area contributed by atoms with Crippen LogP contribution in [-0.4, -0.2) is 58.5 Å². The predicted molar refractivity (Wildman–Crippen MR) is 110 cm³/mol. The molecule has 0 aliphatic carbocycles. The molecule has 1 fully saturated rings. The van der Waals surface area contributed by atoms with Crippen LogP contribution in [0.15, 0.2) is 53.4 Å². The number of piperazine rings is 1. The van der Waals surface area contributed by atoms with Crippen molar-refractivity contribution >= 4 is 15.9 Å². The molecular formula is C21H28N3O4S+. The molecule has 3 rings (SSSR count). The summed E-state index contributed by atoms with van der Waals surface area (Å²) in [4.78, 5) is 13.6. The molecule has 1 aliphatic heterocycles. The summed E-state index contributed by atoms with van der Waals surface area (Å²) in [7, 11) is -1.98. The normalized spacial score (nSPS) is 15.8. The molecule has 1 aliphatic rings. The summed E-state index contributed by atoms with van der Waals surface area (Å²) in [5.74, 6) is 0.602. The van der Waals surface area contributed by atoms with E-state index < -0.39 is 10.0 Å². The summed E-state index contributed by atoms with van der Waals surface area (Å²) in [6.45, 7) is 4.89. The minimum Gasteiger partial charge on any atom is -0.497 e. The molecule has 2 N–H and O–H groups in total. The molecule has 7 nitrogen and oxygen atoms in total. The van der Waals surface area contributed by atoms with E-state index in [1.165, 1.54) is 4.31 Å². The predicted octanol–water partition coefficient (Wildman–Crippen LogP) is 0.209. The number of nitrogens with zero attached hydrogens (tertiary/aromatic N) is 1. The molecular weight excluding hydrogens is 390 g/mol. The SMILES string of the molecule is COc1ccc(S(=O)(=O)N2CC[NH+](CC(=O)NCc3ccccc3C)CC2)cc1. The molecule has 2 aromatic carbocycles. The maximum absolute atomic E-state index is 12.8. The van der Waals surface area contributed by atoms with Gasteiger partial charge in [0, 0.05) is 6.54 Å². The zero-order chi connectivity index (χ0) is 20.9.